The third-order valence-electron chi connectivity index (χ3n) is 3.50. The van der Waals surface area contributed by atoms with Crippen LogP contribution >= 0.6 is 36.2 Å². The number of benzene rings is 1. The minimum absolute atomic E-state index is 0. The maximum absolute atomic E-state index is 12.0. The smallest absolute Gasteiger partial charge is 0.270 e. The highest BCUT2D eigenvalue weighted by Crippen LogP contribution is 2.22. The third-order valence-corrected chi connectivity index (χ3v) is 4.25. The Labute approximate surface area is 157 Å². The molecule has 0 bridgehead atoms. The Balaban J connectivity index is 0.00000144. The van der Waals surface area contributed by atoms with Crippen molar-refractivity contribution in [1.29, 1.82) is 0 Å². The van der Waals surface area contributed by atoms with E-state index in [1.807, 2.05) is 24.3 Å². The highest BCUT2D eigenvalue weighted by atomic mass is 35.5. The molecule has 3 N–H and O–H groups in total. The molecule has 0 spiro atoms. The van der Waals surface area contributed by atoms with Crippen LogP contribution in [0.5, 0.6) is 5.75 Å². The topological polar surface area (TPSA) is 75.3 Å². The molecule has 1 fully saturated rings. The van der Waals surface area contributed by atoms with Gasteiger partial charge in [0.05, 0.1) is 7.11 Å². The van der Waals surface area contributed by atoms with Crippen molar-refractivity contribution in [3.05, 3.63) is 35.3 Å². The van der Waals surface area contributed by atoms with E-state index in [-0.39, 0.29) is 30.7 Å². The number of rotatable bonds is 6. The standard InChI is InChI=1S/C15H18N4O2S.2ClH/c1-21-12-4-2-11(3-5-12)18-15-19-13(9-22-15)14(20)17-8-10-6-16-7-10;;/h2-5,9-10,16H,6-8H2,1H3,(H,17,20)(H,18,19);2*1H. The first kappa shape index (κ1) is 20.5. The zero-order valence-corrected chi connectivity index (χ0v) is 15.5. The van der Waals surface area contributed by atoms with Crippen molar-refractivity contribution in [3.8, 4) is 5.75 Å². The first-order chi connectivity index (χ1) is 10.7. The number of nitrogens with one attached hydrogen (secondary N) is 3. The predicted molar refractivity (Wildman–Crippen MR) is 102 cm³/mol. The molecule has 3 rings (SSSR count). The summed E-state index contributed by atoms with van der Waals surface area (Å²) >= 11 is 1.41. The molecule has 0 saturated carbocycles. The molecule has 1 aliphatic heterocycles. The fourth-order valence-electron chi connectivity index (χ4n) is 2.05. The van der Waals surface area contributed by atoms with Gasteiger partial charge in [-0.25, -0.2) is 4.98 Å². The average molecular weight is 391 g/mol. The number of nitrogens with zero attached hydrogens (tertiary/aromatic N) is 1. The van der Waals surface area contributed by atoms with E-state index in [9.17, 15) is 4.79 Å². The van der Waals surface area contributed by atoms with Crippen LogP contribution in [0.2, 0.25) is 0 Å². The maximum Gasteiger partial charge on any atom is 0.270 e. The van der Waals surface area contributed by atoms with Crippen molar-refractivity contribution >= 4 is 52.9 Å². The Morgan fingerprint density at radius 3 is 2.62 bits per heavy atom. The second-order valence-corrected chi connectivity index (χ2v) is 5.98. The van der Waals surface area contributed by atoms with Crippen LogP contribution in [0.4, 0.5) is 10.8 Å². The van der Waals surface area contributed by atoms with Crippen LogP contribution in [-0.4, -0.2) is 37.6 Å². The second kappa shape index (κ2) is 9.68. The summed E-state index contributed by atoms with van der Waals surface area (Å²) in [5.41, 5.74) is 1.36. The summed E-state index contributed by atoms with van der Waals surface area (Å²) in [7, 11) is 1.63. The van der Waals surface area contributed by atoms with Crippen LogP contribution in [0.3, 0.4) is 0 Å². The van der Waals surface area contributed by atoms with Gasteiger partial charge in [0.1, 0.15) is 11.4 Å². The van der Waals surface area contributed by atoms with Crippen LogP contribution < -0.4 is 20.7 Å². The lowest BCUT2D eigenvalue weighted by Gasteiger charge is -2.26. The van der Waals surface area contributed by atoms with Crippen molar-refractivity contribution in [2.45, 2.75) is 0 Å². The van der Waals surface area contributed by atoms with Crippen molar-refractivity contribution in [2.75, 3.05) is 32.1 Å². The van der Waals surface area contributed by atoms with E-state index in [0.29, 0.717) is 23.3 Å². The molecule has 0 unspecified atom stereocenters. The zero-order valence-electron chi connectivity index (χ0n) is 13.1. The molecule has 132 valence electrons. The predicted octanol–water partition coefficient (Wildman–Crippen LogP) is 2.69. The van der Waals surface area contributed by atoms with Crippen molar-refractivity contribution in [2.24, 2.45) is 5.92 Å². The summed E-state index contributed by atoms with van der Waals surface area (Å²) in [5, 5.41) is 11.7. The van der Waals surface area contributed by atoms with Crippen molar-refractivity contribution < 1.29 is 9.53 Å². The normalized spacial score (nSPS) is 13.0. The lowest BCUT2D eigenvalue weighted by atomic mass is 10.0. The van der Waals surface area contributed by atoms with E-state index in [0.717, 1.165) is 24.5 Å². The summed E-state index contributed by atoms with van der Waals surface area (Å²) in [4.78, 5) is 16.3. The number of hydrogen-bond acceptors (Lipinski definition) is 6. The fourth-order valence-corrected chi connectivity index (χ4v) is 2.76. The van der Waals surface area contributed by atoms with Crippen LogP contribution in [0, 0.1) is 5.92 Å². The number of carbonyl (C=O) groups is 1. The number of ether oxygens (including phenoxy) is 1. The second-order valence-electron chi connectivity index (χ2n) is 5.13. The van der Waals surface area contributed by atoms with Gasteiger partial charge < -0.3 is 20.7 Å². The summed E-state index contributed by atoms with van der Waals surface area (Å²) in [6.07, 6.45) is 0. The SMILES string of the molecule is COc1ccc(Nc2nc(C(=O)NCC3CNC3)cs2)cc1.Cl.Cl. The van der Waals surface area contributed by atoms with Gasteiger partial charge in [0.15, 0.2) is 5.13 Å². The lowest BCUT2D eigenvalue weighted by Crippen LogP contribution is -2.48. The van der Waals surface area contributed by atoms with Gasteiger partial charge in [-0.1, -0.05) is 0 Å². The number of hydrogen-bond donors (Lipinski definition) is 3. The Morgan fingerprint density at radius 2 is 2.04 bits per heavy atom. The van der Waals surface area contributed by atoms with E-state index in [2.05, 4.69) is 20.9 Å². The van der Waals surface area contributed by atoms with Gasteiger partial charge in [0, 0.05) is 36.6 Å². The molecule has 2 aromatic rings. The molecule has 1 aromatic heterocycles. The Bertz CT molecular complexity index is 647. The maximum atomic E-state index is 12.0. The number of halogens is 2. The lowest BCUT2D eigenvalue weighted by molar-refractivity contribution is 0.0938. The molecular weight excluding hydrogens is 371 g/mol. The molecule has 1 saturated heterocycles. The van der Waals surface area contributed by atoms with Gasteiger partial charge in [-0.05, 0) is 24.3 Å². The molecule has 0 atom stereocenters. The summed E-state index contributed by atoms with van der Waals surface area (Å²) < 4.78 is 5.12. The molecule has 6 nitrogen and oxygen atoms in total. The van der Waals surface area contributed by atoms with E-state index in [4.69, 9.17) is 4.74 Å². The molecule has 0 aliphatic carbocycles. The number of methoxy groups -OCH3 is 1. The van der Waals surface area contributed by atoms with E-state index < -0.39 is 0 Å². The molecule has 2 heterocycles. The number of anilines is 2. The van der Waals surface area contributed by atoms with Gasteiger partial charge in [0.2, 0.25) is 0 Å². The molecular formula is C15H20Cl2N4O2S. The summed E-state index contributed by atoms with van der Waals surface area (Å²) in [6, 6.07) is 7.56. The highest BCUT2D eigenvalue weighted by molar-refractivity contribution is 7.14. The van der Waals surface area contributed by atoms with E-state index in [1.165, 1.54) is 11.3 Å². The minimum Gasteiger partial charge on any atom is -0.497 e. The van der Waals surface area contributed by atoms with Gasteiger partial charge in [0.25, 0.3) is 5.91 Å². The summed E-state index contributed by atoms with van der Waals surface area (Å²) in [6.45, 7) is 2.65. The molecule has 1 aliphatic rings. The number of carbonyl (C=O) groups excluding carboxylic acids is 1. The first-order valence-electron chi connectivity index (χ1n) is 7.10. The molecule has 24 heavy (non-hydrogen) atoms. The van der Waals surface area contributed by atoms with Gasteiger partial charge in [-0.3, -0.25) is 4.79 Å². The van der Waals surface area contributed by atoms with Crippen LogP contribution in [-0.2, 0) is 0 Å². The van der Waals surface area contributed by atoms with Crippen molar-refractivity contribution in [1.82, 2.24) is 15.6 Å². The minimum atomic E-state index is -0.120. The largest absolute Gasteiger partial charge is 0.497 e. The fraction of sp³-hybridized carbons (Fsp3) is 0.333. The number of aromatic nitrogens is 1. The summed E-state index contributed by atoms with van der Waals surface area (Å²) in [5.74, 6) is 1.22. The van der Waals surface area contributed by atoms with Crippen molar-refractivity contribution in [3.63, 3.8) is 0 Å². The number of thiazole rings is 1. The Hall–Kier alpha value is -1.54. The van der Waals surface area contributed by atoms with Crippen LogP contribution in [0.25, 0.3) is 0 Å². The van der Waals surface area contributed by atoms with Crippen LogP contribution in [0.15, 0.2) is 29.6 Å². The van der Waals surface area contributed by atoms with Crippen LogP contribution in [0.1, 0.15) is 10.5 Å². The molecule has 0 radical (unpaired) electrons. The van der Waals surface area contributed by atoms with Gasteiger partial charge in [-0.2, -0.15) is 0 Å². The van der Waals surface area contributed by atoms with Gasteiger partial charge in [-0.15, -0.1) is 36.2 Å². The molecule has 9 heteroatoms. The third kappa shape index (κ3) is 5.24. The molecule has 1 aromatic carbocycles. The van der Waals surface area contributed by atoms with Gasteiger partial charge >= 0.3 is 0 Å². The number of amides is 1. The molecule has 1 amide bonds. The monoisotopic (exact) mass is 390 g/mol. The van der Waals surface area contributed by atoms with E-state index >= 15 is 0 Å². The average Bonchev–Trinajstić information content (AvgIpc) is 2.95. The highest BCUT2D eigenvalue weighted by Gasteiger charge is 2.18. The zero-order chi connectivity index (χ0) is 15.4. The Kier molecular flexibility index (Phi) is 8.27. The Morgan fingerprint density at radius 1 is 1.33 bits per heavy atom. The quantitative estimate of drug-likeness (QED) is 0.706. The first-order valence-corrected chi connectivity index (χ1v) is 7.98. The van der Waals surface area contributed by atoms with E-state index in [1.54, 1.807) is 12.5 Å².